The molecular formula is C21H17F2NO3S. The van der Waals surface area contributed by atoms with Crippen LogP contribution in [-0.2, 0) is 16.0 Å². The zero-order chi connectivity index (χ0) is 20.3. The van der Waals surface area contributed by atoms with Crippen LogP contribution in [0, 0.1) is 18.6 Å². The highest BCUT2D eigenvalue weighted by molar-refractivity contribution is 7.13. The van der Waals surface area contributed by atoms with Crippen LogP contribution in [-0.4, -0.2) is 21.8 Å². The number of aryl methyl sites for hydroxylation is 1. The van der Waals surface area contributed by atoms with Crippen LogP contribution in [0.2, 0.25) is 0 Å². The Morgan fingerprint density at radius 2 is 1.86 bits per heavy atom. The van der Waals surface area contributed by atoms with E-state index in [-0.39, 0.29) is 17.8 Å². The standard InChI is InChI=1S/C21H17F2NO3S/c1-12-2-4-13(5-3-12)20-24-15(11-28-20)9-16(25)10-18(21(26)27)17-7-6-14(22)8-19(17)23/h2-8,11,18H,9-10H2,1H3,(H,26,27). The van der Waals surface area contributed by atoms with E-state index < -0.39 is 29.9 Å². The molecule has 0 radical (unpaired) electrons. The van der Waals surface area contributed by atoms with Crippen LogP contribution in [0.1, 0.15) is 29.2 Å². The summed E-state index contributed by atoms with van der Waals surface area (Å²) >= 11 is 1.39. The Kier molecular flexibility index (Phi) is 5.94. The number of benzene rings is 2. The molecule has 0 aliphatic heterocycles. The van der Waals surface area contributed by atoms with Gasteiger partial charge in [0.05, 0.1) is 11.6 Å². The maximum atomic E-state index is 13.9. The van der Waals surface area contributed by atoms with Gasteiger partial charge < -0.3 is 5.11 Å². The Labute approximate surface area is 164 Å². The quantitative estimate of drug-likeness (QED) is 0.619. The number of carbonyl (C=O) groups is 2. The van der Waals surface area contributed by atoms with Gasteiger partial charge in [-0.2, -0.15) is 0 Å². The van der Waals surface area contributed by atoms with Crippen molar-refractivity contribution in [3.63, 3.8) is 0 Å². The molecule has 28 heavy (non-hydrogen) atoms. The summed E-state index contributed by atoms with van der Waals surface area (Å²) in [6.07, 6.45) is -0.440. The third kappa shape index (κ3) is 4.67. The predicted octanol–water partition coefficient (Wildman–Crippen LogP) is 4.77. The van der Waals surface area contributed by atoms with Gasteiger partial charge >= 0.3 is 5.97 Å². The smallest absolute Gasteiger partial charge is 0.311 e. The molecule has 0 spiro atoms. The number of rotatable bonds is 7. The molecule has 1 aromatic heterocycles. The van der Waals surface area contributed by atoms with E-state index in [0.717, 1.165) is 28.3 Å². The van der Waals surface area contributed by atoms with Gasteiger partial charge in [0.25, 0.3) is 0 Å². The van der Waals surface area contributed by atoms with Gasteiger partial charge in [-0.25, -0.2) is 13.8 Å². The molecule has 0 aliphatic rings. The predicted molar refractivity (Wildman–Crippen MR) is 102 cm³/mol. The van der Waals surface area contributed by atoms with E-state index in [1.165, 1.54) is 11.3 Å². The van der Waals surface area contributed by atoms with Crippen molar-refractivity contribution >= 4 is 23.1 Å². The second kappa shape index (κ2) is 8.39. The molecule has 2 aromatic carbocycles. The highest BCUT2D eigenvalue weighted by Gasteiger charge is 2.26. The van der Waals surface area contributed by atoms with Crippen molar-refractivity contribution in [2.75, 3.05) is 0 Å². The minimum absolute atomic E-state index is 0.0467. The van der Waals surface area contributed by atoms with E-state index in [9.17, 15) is 23.5 Å². The molecule has 0 aliphatic carbocycles. The summed E-state index contributed by atoms with van der Waals surface area (Å²) in [5.74, 6) is -4.86. The van der Waals surface area contributed by atoms with Gasteiger partial charge in [-0.1, -0.05) is 35.9 Å². The van der Waals surface area contributed by atoms with Crippen LogP contribution < -0.4 is 0 Å². The van der Waals surface area contributed by atoms with Crippen molar-refractivity contribution in [3.05, 3.63) is 76.3 Å². The lowest BCUT2D eigenvalue weighted by atomic mass is 9.92. The van der Waals surface area contributed by atoms with E-state index in [4.69, 9.17) is 0 Å². The molecule has 3 rings (SSSR count). The number of aromatic nitrogens is 1. The van der Waals surface area contributed by atoms with Crippen LogP contribution in [0.15, 0.2) is 47.8 Å². The number of carboxylic acids is 1. The molecule has 1 N–H and O–H groups in total. The first-order chi connectivity index (χ1) is 13.3. The summed E-state index contributed by atoms with van der Waals surface area (Å²) in [5, 5.41) is 11.9. The summed E-state index contributed by atoms with van der Waals surface area (Å²) in [4.78, 5) is 28.3. The molecule has 0 amide bonds. The zero-order valence-corrected chi connectivity index (χ0v) is 15.8. The number of aliphatic carboxylic acids is 1. The second-order valence-electron chi connectivity index (χ2n) is 6.49. The fraction of sp³-hybridized carbons (Fsp3) is 0.190. The molecule has 0 saturated carbocycles. The first-order valence-corrected chi connectivity index (χ1v) is 9.42. The summed E-state index contributed by atoms with van der Waals surface area (Å²) in [6, 6.07) is 10.5. The molecule has 1 unspecified atom stereocenters. The number of Topliss-reactive ketones (excluding diaryl/α,β-unsaturated/α-hetero) is 1. The van der Waals surface area contributed by atoms with Gasteiger partial charge in [0, 0.05) is 35.4 Å². The minimum Gasteiger partial charge on any atom is -0.481 e. The molecule has 7 heteroatoms. The highest BCUT2D eigenvalue weighted by Crippen LogP contribution is 2.27. The van der Waals surface area contributed by atoms with Crippen LogP contribution >= 0.6 is 11.3 Å². The maximum absolute atomic E-state index is 13.9. The topological polar surface area (TPSA) is 67.3 Å². The lowest BCUT2D eigenvalue weighted by molar-refractivity contribution is -0.140. The molecule has 0 bridgehead atoms. The first-order valence-electron chi connectivity index (χ1n) is 8.54. The van der Waals surface area contributed by atoms with E-state index in [1.54, 1.807) is 5.38 Å². The van der Waals surface area contributed by atoms with Gasteiger partial charge in [0.1, 0.15) is 22.4 Å². The largest absolute Gasteiger partial charge is 0.481 e. The van der Waals surface area contributed by atoms with Gasteiger partial charge in [-0.05, 0) is 13.0 Å². The SMILES string of the molecule is Cc1ccc(-c2nc(CC(=O)CC(C(=O)O)c3ccc(F)cc3F)cs2)cc1. The number of hydrogen-bond donors (Lipinski definition) is 1. The van der Waals surface area contributed by atoms with E-state index in [2.05, 4.69) is 4.98 Å². The third-order valence-electron chi connectivity index (χ3n) is 4.30. The number of ketones is 1. The van der Waals surface area contributed by atoms with Crippen molar-refractivity contribution in [2.45, 2.75) is 25.7 Å². The summed E-state index contributed by atoms with van der Waals surface area (Å²) < 4.78 is 27.0. The lowest BCUT2D eigenvalue weighted by Crippen LogP contribution is -2.18. The molecule has 1 atom stereocenters. The Bertz CT molecular complexity index is 1010. The normalized spacial score (nSPS) is 12.0. The zero-order valence-electron chi connectivity index (χ0n) is 15.0. The number of hydrogen-bond acceptors (Lipinski definition) is 4. The van der Waals surface area contributed by atoms with Gasteiger partial charge in [0.2, 0.25) is 0 Å². The maximum Gasteiger partial charge on any atom is 0.311 e. The summed E-state index contributed by atoms with van der Waals surface area (Å²) in [5.41, 5.74) is 2.39. The fourth-order valence-corrected chi connectivity index (χ4v) is 3.66. The Morgan fingerprint density at radius 1 is 1.14 bits per heavy atom. The first kappa shape index (κ1) is 19.8. The molecule has 1 heterocycles. The highest BCUT2D eigenvalue weighted by atomic mass is 32.1. The van der Waals surface area contributed by atoms with E-state index in [0.29, 0.717) is 11.8 Å². The summed E-state index contributed by atoms with van der Waals surface area (Å²) in [6.45, 7) is 1.98. The number of carbonyl (C=O) groups excluding carboxylic acids is 1. The Balaban J connectivity index is 1.71. The number of halogens is 2. The van der Waals surface area contributed by atoms with Crippen LogP contribution in [0.4, 0.5) is 8.78 Å². The van der Waals surface area contributed by atoms with Crippen molar-refractivity contribution in [3.8, 4) is 10.6 Å². The number of thiazole rings is 1. The van der Waals surface area contributed by atoms with Crippen molar-refractivity contribution < 1.29 is 23.5 Å². The monoisotopic (exact) mass is 401 g/mol. The average Bonchev–Trinajstić information content (AvgIpc) is 3.09. The summed E-state index contributed by atoms with van der Waals surface area (Å²) in [7, 11) is 0. The molecular weight excluding hydrogens is 384 g/mol. The molecule has 3 aromatic rings. The Morgan fingerprint density at radius 3 is 2.50 bits per heavy atom. The van der Waals surface area contributed by atoms with Gasteiger partial charge in [-0.15, -0.1) is 11.3 Å². The van der Waals surface area contributed by atoms with E-state index in [1.807, 2.05) is 31.2 Å². The van der Waals surface area contributed by atoms with E-state index >= 15 is 0 Å². The lowest BCUT2D eigenvalue weighted by Gasteiger charge is -2.12. The second-order valence-corrected chi connectivity index (χ2v) is 7.34. The van der Waals surface area contributed by atoms with Crippen LogP contribution in [0.3, 0.4) is 0 Å². The van der Waals surface area contributed by atoms with Gasteiger partial charge in [-0.3, -0.25) is 9.59 Å². The van der Waals surface area contributed by atoms with Gasteiger partial charge in [0.15, 0.2) is 0 Å². The molecule has 0 saturated heterocycles. The van der Waals surface area contributed by atoms with Crippen molar-refractivity contribution in [1.82, 2.24) is 4.98 Å². The number of carboxylic acid groups (broad SMARTS) is 1. The number of nitrogens with zero attached hydrogens (tertiary/aromatic N) is 1. The molecule has 0 fully saturated rings. The molecule has 144 valence electrons. The third-order valence-corrected chi connectivity index (χ3v) is 5.24. The van der Waals surface area contributed by atoms with Crippen LogP contribution in [0.5, 0.6) is 0 Å². The fourth-order valence-electron chi connectivity index (χ4n) is 2.83. The molecule has 4 nitrogen and oxygen atoms in total. The average molecular weight is 401 g/mol. The van der Waals surface area contributed by atoms with Crippen molar-refractivity contribution in [2.24, 2.45) is 0 Å². The minimum atomic E-state index is -1.37. The Hall–Kier alpha value is -2.93. The van der Waals surface area contributed by atoms with Crippen molar-refractivity contribution in [1.29, 1.82) is 0 Å². The van der Waals surface area contributed by atoms with Crippen LogP contribution in [0.25, 0.3) is 10.6 Å².